The largest absolute Gasteiger partial charge is 0.378 e. The van der Waals surface area contributed by atoms with Gasteiger partial charge in [-0.3, -0.25) is 4.99 Å². The van der Waals surface area contributed by atoms with Crippen LogP contribution in [0.4, 0.5) is 17.2 Å². The van der Waals surface area contributed by atoms with E-state index in [4.69, 9.17) is 14.8 Å². The van der Waals surface area contributed by atoms with Gasteiger partial charge in [-0.05, 0) is 23.3 Å². The highest BCUT2D eigenvalue weighted by Crippen LogP contribution is 2.32. The molecule has 1 N–H and O–H groups in total. The zero-order valence-corrected chi connectivity index (χ0v) is 17.3. The number of amidine groups is 1. The summed E-state index contributed by atoms with van der Waals surface area (Å²) < 4.78 is 5.50. The number of ether oxygens (including phenoxy) is 1. The number of rotatable bonds is 3. The fourth-order valence-electron chi connectivity index (χ4n) is 4.02. The van der Waals surface area contributed by atoms with Gasteiger partial charge in [-0.1, -0.05) is 22.8 Å². The third kappa shape index (κ3) is 3.24. The van der Waals surface area contributed by atoms with Crippen LogP contribution in [0.25, 0.3) is 10.9 Å². The Morgan fingerprint density at radius 3 is 2.78 bits per heavy atom. The predicted molar refractivity (Wildman–Crippen MR) is 127 cm³/mol. The van der Waals surface area contributed by atoms with E-state index in [1.165, 1.54) is 0 Å². The zero-order valence-electron chi connectivity index (χ0n) is 17.3. The molecule has 1 saturated heterocycles. The van der Waals surface area contributed by atoms with Crippen molar-refractivity contribution in [3.8, 4) is 0 Å². The molecule has 1 aromatic carbocycles. The van der Waals surface area contributed by atoms with Gasteiger partial charge >= 0.3 is 0 Å². The van der Waals surface area contributed by atoms with Crippen molar-refractivity contribution in [2.24, 2.45) is 15.1 Å². The van der Waals surface area contributed by atoms with Gasteiger partial charge in [-0.25, -0.2) is 9.97 Å². The number of pyridine rings is 2. The first kappa shape index (κ1) is 18.8. The van der Waals surface area contributed by atoms with Gasteiger partial charge in [-0.2, -0.15) is 4.99 Å². The smallest absolute Gasteiger partial charge is 0.287 e. The van der Waals surface area contributed by atoms with E-state index in [1.54, 1.807) is 18.6 Å². The highest BCUT2D eigenvalue weighted by Gasteiger charge is 2.43. The molecule has 2 aromatic heterocycles. The normalized spacial score (nSPS) is 21.9. The molecular weight excluding hydrogens is 404 g/mol. The topological polar surface area (TPSA) is 87.4 Å². The van der Waals surface area contributed by atoms with E-state index in [0.29, 0.717) is 11.8 Å². The van der Waals surface area contributed by atoms with E-state index < -0.39 is 0 Å². The maximum Gasteiger partial charge on any atom is 0.287 e. The van der Waals surface area contributed by atoms with Crippen LogP contribution < -0.4 is 14.8 Å². The van der Waals surface area contributed by atoms with Crippen molar-refractivity contribution < 1.29 is 4.74 Å². The van der Waals surface area contributed by atoms with Crippen LogP contribution in [0.5, 0.6) is 0 Å². The second-order valence-electron chi connectivity index (χ2n) is 7.67. The fraction of sp³-hybridized carbons (Fsp3) is 0.174. The van der Waals surface area contributed by atoms with Crippen molar-refractivity contribution >= 4 is 46.1 Å². The molecule has 9 heteroatoms. The lowest BCUT2D eigenvalue weighted by Crippen LogP contribution is -2.44. The predicted octanol–water partition coefficient (Wildman–Crippen LogP) is 3.12. The van der Waals surface area contributed by atoms with Crippen LogP contribution in [0.3, 0.4) is 0 Å². The number of fused-ring (bicyclic) bond motifs is 2. The minimum atomic E-state index is 0.0863. The van der Waals surface area contributed by atoms with Crippen molar-refractivity contribution in [3.05, 3.63) is 67.3 Å². The maximum absolute atomic E-state index is 5.42. The van der Waals surface area contributed by atoms with E-state index in [1.807, 2.05) is 48.8 Å². The molecule has 0 bridgehead atoms. The molecule has 1 atom stereocenters. The minimum absolute atomic E-state index is 0.0863. The number of anilines is 2. The van der Waals surface area contributed by atoms with Crippen LogP contribution >= 0.6 is 0 Å². The SMILES string of the molecule is C1=C[N+]2(c3cnc4ccccc4c3)N=C(Nc3ccc(N4CCOCC4)nc3)N=C2C=N1. The number of nitrogens with one attached hydrogen (secondary N) is 1. The van der Waals surface area contributed by atoms with Crippen LogP contribution in [0, 0.1) is 0 Å². The Morgan fingerprint density at radius 1 is 1.00 bits per heavy atom. The summed E-state index contributed by atoms with van der Waals surface area (Å²) in [5.74, 6) is 2.13. The van der Waals surface area contributed by atoms with Gasteiger partial charge in [0.15, 0.2) is 11.9 Å². The van der Waals surface area contributed by atoms with Crippen LogP contribution in [0.15, 0.2) is 82.3 Å². The summed E-state index contributed by atoms with van der Waals surface area (Å²) in [7, 11) is 0. The Hall–Kier alpha value is -3.95. The minimum Gasteiger partial charge on any atom is -0.378 e. The number of hydrogen-bond donors (Lipinski definition) is 1. The van der Waals surface area contributed by atoms with E-state index >= 15 is 0 Å². The lowest BCUT2D eigenvalue weighted by molar-refractivity contribution is 0.122. The standard InChI is InChI=1S/C23H21N8O/c1-2-4-20-17(3-1)13-19(15-25-20)31-10-7-24-16-22(31)28-23(29-31)27-18-5-6-21(26-14-18)30-8-11-32-12-9-30/h1-7,10,13-16H,8-9,11-12H2,(H,27,29)/q+1. The fourth-order valence-corrected chi connectivity index (χ4v) is 4.02. The van der Waals surface area contributed by atoms with E-state index in [9.17, 15) is 0 Å². The summed E-state index contributed by atoms with van der Waals surface area (Å²) in [6.45, 7) is 3.17. The Balaban J connectivity index is 1.30. The van der Waals surface area contributed by atoms with E-state index in [2.05, 4.69) is 31.2 Å². The summed E-state index contributed by atoms with van der Waals surface area (Å²) in [6.07, 6.45) is 9.01. The summed E-state index contributed by atoms with van der Waals surface area (Å²) in [6, 6.07) is 14.1. The second kappa shape index (κ2) is 7.63. The highest BCUT2D eigenvalue weighted by atomic mass is 16.5. The molecule has 5 heterocycles. The summed E-state index contributed by atoms with van der Waals surface area (Å²) in [5, 5.41) is 9.23. The third-order valence-electron chi connectivity index (χ3n) is 5.69. The van der Waals surface area contributed by atoms with Gasteiger partial charge in [0.1, 0.15) is 12.0 Å². The van der Waals surface area contributed by atoms with Gasteiger partial charge < -0.3 is 15.0 Å². The van der Waals surface area contributed by atoms with Gasteiger partial charge in [-0.15, -0.1) is 0 Å². The molecule has 0 amide bonds. The number of nitrogens with zero attached hydrogens (tertiary/aromatic N) is 7. The number of morpholine rings is 1. The molecule has 6 rings (SSSR count). The molecule has 3 aliphatic heterocycles. The molecule has 3 aromatic rings. The highest BCUT2D eigenvalue weighted by molar-refractivity contribution is 6.38. The molecular formula is C23H21N8O+. The zero-order chi connectivity index (χ0) is 21.4. The molecule has 9 nitrogen and oxygen atoms in total. The first-order valence-electron chi connectivity index (χ1n) is 10.5. The quantitative estimate of drug-likeness (QED) is 0.652. The van der Waals surface area contributed by atoms with Crippen molar-refractivity contribution in [3.63, 3.8) is 0 Å². The Morgan fingerprint density at radius 2 is 1.91 bits per heavy atom. The molecule has 1 fully saturated rings. The van der Waals surface area contributed by atoms with Gasteiger partial charge in [0.25, 0.3) is 11.8 Å². The second-order valence-corrected chi connectivity index (χ2v) is 7.67. The number of aromatic nitrogens is 2. The summed E-state index contributed by atoms with van der Waals surface area (Å²) in [5.41, 5.74) is 2.65. The molecule has 0 radical (unpaired) electrons. The van der Waals surface area contributed by atoms with Crippen molar-refractivity contribution in [1.82, 2.24) is 14.6 Å². The lowest BCUT2D eigenvalue weighted by Gasteiger charge is -2.27. The Labute approximate surface area is 184 Å². The monoisotopic (exact) mass is 425 g/mol. The number of aliphatic imine (C=N–C) groups is 2. The first-order valence-corrected chi connectivity index (χ1v) is 10.5. The van der Waals surface area contributed by atoms with E-state index in [0.717, 1.165) is 54.4 Å². The molecule has 0 saturated carbocycles. The van der Waals surface area contributed by atoms with Crippen LogP contribution in [0.2, 0.25) is 0 Å². The third-order valence-corrected chi connectivity index (χ3v) is 5.69. The number of hydrogen-bond acceptors (Lipinski definition) is 8. The Bertz CT molecular complexity index is 1290. The van der Waals surface area contributed by atoms with Gasteiger partial charge in [0.2, 0.25) is 0 Å². The van der Waals surface area contributed by atoms with Crippen LogP contribution in [-0.4, -0.2) is 54.3 Å². The molecule has 0 aliphatic carbocycles. The van der Waals surface area contributed by atoms with Crippen LogP contribution in [-0.2, 0) is 4.74 Å². The molecule has 0 spiro atoms. The summed E-state index contributed by atoms with van der Waals surface area (Å²) in [4.78, 5) is 20.4. The Kier molecular flexibility index (Phi) is 4.48. The van der Waals surface area contributed by atoms with Gasteiger partial charge in [0, 0.05) is 24.5 Å². The first-order chi connectivity index (χ1) is 15.8. The summed E-state index contributed by atoms with van der Waals surface area (Å²) >= 11 is 0. The maximum atomic E-state index is 5.42. The molecule has 158 valence electrons. The number of guanidine groups is 1. The van der Waals surface area contributed by atoms with Crippen molar-refractivity contribution in [2.45, 2.75) is 0 Å². The molecule has 1 unspecified atom stereocenters. The number of quaternary nitrogens is 1. The number of para-hydroxylation sites is 1. The van der Waals surface area contributed by atoms with Crippen molar-refractivity contribution in [1.29, 1.82) is 0 Å². The van der Waals surface area contributed by atoms with Crippen LogP contribution in [0.1, 0.15) is 0 Å². The average molecular weight is 425 g/mol. The van der Waals surface area contributed by atoms with Crippen molar-refractivity contribution in [2.75, 3.05) is 36.5 Å². The molecule has 3 aliphatic rings. The lowest BCUT2D eigenvalue weighted by atomic mass is 10.2. The number of benzene rings is 1. The van der Waals surface area contributed by atoms with E-state index in [-0.39, 0.29) is 4.59 Å². The van der Waals surface area contributed by atoms with Gasteiger partial charge in [0.05, 0.1) is 43.0 Å². The molecule has 32 heavy (non-hydrogen) atoms. The average Bonchev–Trinajstić information content (AvgIpc) is 3.24.